The van der Waals surface area contributed by atoms with Crippen LogP contribution in [0.2, 0.25) is 0 Å². The van der Waals surface area contributed by atoms with Gasteiger partial charge in [-0.25, -0.2) is 4.79 Å². The highest BCUT2D eigenvalue weighted by Gasteiger charge is 2.32. The average molecular weight is 629 g/mol. The minimum atomic E-state index is -0.491. The number of benzene rings is 2. The molecule has 2 aromatic rings. The summed E-state index contributed by atoms with van der Waals surface area (Å²) in [5, 5.41) is 0.810. The van der Waals surface area contributed by atoms with E-state index < -0.39 is 5.60 Å². The van der Waals surface area contributed by atoms with E-state index in [1.165, 1.54) is 16.7 Å². The SMILES string of the molecule is Cc1cc(N(C)C(=O)C2CCC(Oc3cccc(CBr)c3)CC2)ccc1CN1CCN(C(=O)OC(C)(C)C)[C@@H](C)C1. The lowest BCUT2D eigenvalue weighted by Gasteiger charge is -2.40. The van der Waals surface area contributed by atoms with Crippen molar-refractivity contribution in [2.24, 2.45) is 5.92 Å². The molecule has 1 aliphatic heterocycles. The Balaban J connectivity index is 1.28. The van der Waals surface area contributed by atoms with Gasteiger partial charge in [-0.3, -0.25) is 9.69 Å². The zero-order valence-corrected chi connectivity index (χ0v) is 27.1. The second kappa shape index (κ2) is 13.6. The molecule has 0 bridgehead atoms. The summed E-state index contributed by atoms with van der Waals surface area (Å²) in [7, 11) is 1.89. The highest BCUT2D eigenvalue weighted by molar-refractivity contribution is 9.08. The summed E-state index contributed by atoms with van der Waals surface area (Å²) >= 11 is 3.50. The Morgan fingerprint density at radius 2 is 1.78 bits per heavy atom. The molecule has 0 unspecified atom stereocenters. The first kappa shape index (κ1) is 31.4. The summed E-state index contributed by atoms with van der Waals surface area (Å²) in [6.07, 6.45) is 3.39. The molecule has 2 aliphatic rings. The molecule has 41 heavy (non-hydrogen) atoms. The van der Waals surface area contributed by atoms with Crippen molar-refractivity contribution in [2.75, 3.05) is 31.6 Å². The molecule has 2 amide bonds. The third-order valence-corrected chi connectivity index (χ3v) is 8.80. The van der Waals surface area contributed by atoms with Crippen molar-refractivity contribution >= 4 is 33.6 Å². The maximum absolute atomic E-state index is 13.4. The lowest BCUT2D eigenvalue weighted by atomic mass is 9.86. The quantitative estimate of drug-likeness (QED) is 0.311. The second-order valence-electron chi connectivity index (χ2n) is 12.6. The summed E-state index contributed by atoms with van der Waals surface area (Å²) in [5.41, 5.74) is 4.06. The number of anilines is 1. The Hall–Kier alpha value is -2.58. The van der Waals surface area contributed by atoms with E-state index in [9.17, 15) is 9.59 Å². The first-order valence-corrected chi connectivity index (χ1v) is 16.0. The molecule has 0 aromatic heterocycles. The van der Waals surface area contributed by atoms with Crippen LogP contribution in [0.4, 0.5) is 10.5 Å². The molecule has 2 aromatic carbocycles. The average Bonchev–Trinajstić information content (AvgIpc) is 2.93. The molecule has 0 spiro atoms. The van der Waals surface area contributed by atoms with Crippen LogP contribution in [0, 0.1) is 12.8 Å². The minimum Gasteiger partial charge on any atom is -0.490 e. The van der Waals surface area contributed by atoms with Crippen molar-refractivity contribution in [3.05, 3.63) is 59.2 Å². The largest absolute Gasteiger partial charge is 0.490 e. The van der Waals surface area contributed by atoms with Crippen LogP contribution in [-0.2, 0) is 21.4 Å². The van der Waals surface area contributed by atoms with Crippen molar-refractivity contribution in [2.45, 2.75) is 89.9 Å². The van der Waals surface area contributed by atoms with Crippen molar-refractivity contribution in [1.82, 2.24) is 9.80 Å². The zero-order chi connectivity index (χ0) is 29.7. The van der Waals surface area contributed by atoms with Gasteiger partial charge in [0.15, 0.2) is 0 Å². The fourth-order valence-electron chi connectivity index (χ4n) is 5.80. The van der Waals surface area contributed by atoms with E-state index in [4.69, 9.17) is 9.47 Å². The van der Waals surface area contributed by atoms with Gasteiger partial charge in [0.25, 0.3) is 0 Å². The van der Waals surface area contributed by atoms with Crippen LogP contribution >= 0.6 is 15.9 Å². The Morgan fingerprint density at radius 3 is 2.41 bits per heavy atom. The Bertz CT molecular complexity index is 1210. The molecule has 0 radical (unpaired) electrons. The van der Waals surface area contributed by atoms with Gasteiger partial charge in [0, 0.05) is 56.2 Å². The molecule has 2 fully saturated rings. The highest BCUT2D eigenvalue weighted by Crippen LogP contribution is 2.31. The van der Waals surface area contributed by atoms with Gasteiger partial charge >= 0.3 is 6.09 Å². The lowest BCUT2D eigenvalue weighted by Crippen LogP contribution is -2.54. The maximum atomic E-state index is 13.4. The van der Waals surface area contributed by atoms with Crippen molar-refractivity contribution in [3.8, 4) is 5.75 Å². The minimum absolute atomic E-state index is 0.0245. The molecule has 8 heteroatoms. The van der Waals surface area contributed by atoms with Crippen LogP contribution in [0.1, 0.15) is 70.1 Å². The Labute approximate surface area is 254 Å². The van der Waals surface area contributed by atoms with Crippen LogP contribution in [-0.4, -0.2) is 66.2 Å². The van der Waals surface area contributed by atoms with Gasteiger partial charge in [-0.2, -0.15) is 0 Å². The van der Waals surface area contributed by atoms with Crippen molar-refractivity contribution in [1.29, 1.82) is 0 Å². The number of hydrogen-bond donors (Lipinski definition) is 0. The van der Waals surface area contributed by atoms with E-state index in [2.05, 4.69) is 65.0 Å². The second-order valence-corrected chi connectivity index (χ2v) is 13.2. The van der Waals surface area contributed by atoms with Gasteiger partial charge in [0.05, 0.1) is 6.10 Å². The van der Waals surface area contributed by atoms with Gasteiger partial charge < -0.3 is 19.3 Å². The maximum Gasteiger partial charge on any atom is 0.410 e. The van der Waals surface area contributed by atoms with E-state index in [1.807, 2.05) is 49.8 Å². The molecular weight excluding hydrogens is 582 g/mol. The van der Waals surface area contributed by atoms with E-state index in [0.717, 1.165) is 62.1 Å². The number of hydrogen-bond acceptors (Lipinski definition) is 5. The van der Waals surface area contributed by atoms with Gasteiger partial charge in [0.1, 0.15) is 11.4 Å². The number of amides is 2. The van der Waals surface area contributed by atoms with Gasteiger partial charge in [-0.15, -0.1) is 0 Å². The summed E-state index contributed by atoms with van der Waals surface area (Å²) in [6, 6.07) is 14.6. The first-order valence-electron chi connectivity index (χ1n) is 14.8. The van der Waals surface area contributed by atoms with E-state index in [-0.39, 0.29) is 30.1 Å². The summed E-state index contributed by atoms with van der Waals surface area (Å²) in [6.45, 7) is 13.0. The fraction of sp³-hybridized carbons (Fsp3) is 0.576. The smallest absolute Gasteiger partial charge is 0.410 e. The molecule has 1 atom stereocenters. The number of aryl methyl sites for hydroxylation is 1. The van der Waals surface area contributed by atoms with Crippen molar-refractivity contribution < 1.29 is 19.1 Å². The fourth-order valence-corrected chi connectivity index (χ4v) is 6.15. The van der Waals surface area contributed by atoms with Crippen LogP contribution in [0.5, 0.6) is 5.75 Å². The van der Waals surface area contributed by atoms with E-state index in [0.29, 0.717) is 6.54 Å². The molecular formula is C33H46BrN3O4. The Kier molecular flexibility index (Phi) is 10.4. The molecule has 1 saturated carbocycles. The number of ether oxygens (including phenoxy) is 2. The lowest BCUT2D eigenvalue weighted by molar-refractivity contribution is -0.123. The van der Waals surface area contributed by atoms with Crippen LogP contribution in [0.25, 0.3) is 0 Å². The molecule has 1 heterocycles. The summed E-state index contributed by atoms with van der Waals surface area (Å²) in [5.74, 6) is 1.12. The zero-order valence-electron chi connectivity index (χ0n) is 25.5. The topological polar surface area (TPSA) is 62.3 Å². The third-order valence-electron chi connectivity index (χ3n) is 8.16. The van der Waals surface area contributed by atoms with Crippen LogP contribution in [0.15, 0.2) is 42.5 Å². The number of rotatable bonds is 7. The molecule has 224 valence electrons. The van der Waals surface area contributed by atoms with Crippen LogP contribution in [0.3, 0.4) is 0 Å². The van der Waals surface area contributed by atoms with Crippen molar-refractivity contribution in [3.63, 3.8) is 0 Å². The molecule has 1 aliphatic carbocycles. The monoisotopic (exact) mass is 627 g/mol. The predicted octanol–water partition coefficient (Wildman–Crippen LogP) is 6.93. The predicted molar refractivity (Wildman–Crippen MR) is 168 cm³/mol. The van der Waals surface area contributed by atoms with E-state index >= 15 is 0 Å². The number of carbonyl (C=O) groups excluding carboxylic acids is 2. The van der Waals surface area contributed by atoms with Gasteiger partial charge in [-0.05, 0) is 101 Å². The van der Waals surface area contributed by atoms with Gasteiger partial charge in [0.2, 0.25) is 5.91 Å². The first-order chi connectivity index (χ1) is 19.4. The third kappa shape index (κ3) is 8.48. The molecule has 4 rings (SSSR count). The molecule has 1 saturated heterocycles. The number of halogens is 1. The normalized spacial score (nSPS) is 21.8. The number of alkyl halides is 1. The standard InChI is InChI=1S/C33H46BrN3O4/c1-23-18-28(13-10-27(23)22-36-16-17-37(24(2)21-36)32(39)41-33(3,4)5)35(6)31(38)26-11-14-29(15-12-26)40-30-9-7-8-25(19-30)20-34/h7-10,13,18-19,24,26,29H,11-12,14-17,20-22H2,1-6H3/t24-,26?,29?/m0/s1. The van der Waals surface area contributed by atoms with Crippen LogP contribution < -0.4 is 9.64 Å². The highest BCUT2D eigenvalue weighted by atomic mass is 79.9. The molecule has 7 nitrogen and oxygen atoms in total. The molecule has 0 N–H and O–H groups in total. The number of piperazine rings is 1. The number of nitrogens with zero attached hydrogens (tertiary/aromatic N) is 3. The Morgan fingerprint density at radius 1 is 1.05 bits per heavy atom. The number of carbonyl (C=O) groups is 2. The summed E-state index contributed by atoms with van der Waals surface area (Å²) in [4.78, 5) is 32.0. The van der Waals surface area contributed by atoms with E-state index in [1.54, 1.807) is 0 Å². The summed E-state index contributed by atoms with van der Waals surface area (Å²) < 4.78 is 11.8. The van der Waals surface area contributed by atoms with Gasteiger partial charge in [-0.1, -0.05) is 34.1 Å².